The number of anilines is 1. The minimum absolute atomic E-state index is 0.00953. The van der Waals surface area contributed by atoms with Gasteiger partial charge in [-0.25, -0.2) is 4.79 Å². The van der Waals surface area contributed by atoms with Gasteiger partial charge in [-0.1, -0.05) is 18.2 Å². The summed E-state index contributed by atoms with van der Waals surface area (Å²) in [4.78, 5) is 36.5. The summed E-state index contributed by atoms with van der Waals surface area (Å²) in [6, 6.07) is 12.7. The average Bonchev–Trinajstić information content (AvgIpc) is 3.09. The second-order valence-electron chi connectivity index (χ2n) is 6.00. The summed E-state index contributed by atoms with van der Waals surface area (Å²) in [5.41, 5.74) is 0.680. The van der Waals surface area contributed by atoms with Gasteiger partial charge in [0.05, 0.1) is 10.5 Å². The topological polar surface area (TPSA) is 103 Å². The van der Waals surface area contributed by atoms with Crippen LogP contribution in [-0.2, 0) is 4.74 Å². The van der Waals surface area contributed by atoms with Crippen LogP contribution in [0.25, 0.3) is 11.0 Å². The van der Waals surface area contributed by atoms with E-state index in [0.717, 1.165) is 11.5 Å². The normalized spacial score (nSPS) is 10.6. The van der Waals surface area contributed by atoms with Gasteiger partial charge in [0, 0.05) is 25.5 Å². The lowest BCUT2D eigenvalue weighted by Crippen LogP contribution is -2.15. The monoisotopic (exact) mass is 368 g/mol. The smallest absolute Gasteiger partial charge is 0.338 e. The first kappa shape index (κ1) is 18.1. The predicted molar refractivity (Wildman–Crippen MR) is 98.3 cm³/mol. The Bertz CT molecular complexity index is 1000. The number of ether oxygens (including phenoxy) is 1. The maximum atomic E-state index is 12.2. The fraction of sp³-hybridized carbons (Fsp3) is 0.158. The average molecular weight is 368 g/mol. The Hall–Kier alpha value is -3.68. The molecular weight excluding hydrogens is 352 g/mol. The number of rotatable bonds is 6. The molecule has 0 aliphatic rings. The molecule has 0 aliphatic carbocycles. The molecule has 0 unspecified atom stereocenters. The third-order valence-electron chi connectivity index (χ3n) is 3.92. The third kappa shape index (κ3) is 3.79. The first-order chi connectivity index (χ1) is 12.9. The van der Waals surface area contributed by atoms with Crippen molar-refractivity contribution in [3.63, 3.8) is 0 Å². The van der Waals surface area contributed by atoms with E-state index < -0.39 is 23.3 Å². The highest BCUT2D eigenvalue weighted by molar-refractivity contribution is 6.00. The Balaban J connectivity index is 1.72. The van der Waals surface area contributed by atoms with Crippen LogP contribution in [0.4, 0.5) is 11.4 Å². The molecule has 1 heterocycles. The molecule has 0 saturated heterocycles. The van der Waals surface area contributed by atoms with Crippen LogP contribution in [0.1, 0.15) is 20.9 Å². The molecule has 2 aromatic carbocycles. The van der Waals surface area contributed by atoms with Gasteiger partial charge < -0.3 is 14.1 Å². The van der Waals surface area contributed by atoms with Gasteiger partial charge in [0.1, 0.15) is 11.3 Å². The molecule has 0 aliphatic heterocycles. The van der Waals surface area contributed by atoms with Gasteiger partial charge in [0.15, 0.2) is 12.4 Å². The molecule has 8 nitrogen and oxygen atoms in total. The summed E-state index contributed by atoms with van der Waals surface area (Å²) in [5.74, 6) is -1.25. The number of furan rings is 1. The molecule has 0 saturated carbocycles. The maximum Gasteiger partial charge on any atom is 0.338 e. The number of Topliss-reactive ketones (excluding diaryl/α,β-unsaturated/α-hetero) is 1. The van der Waals surface area contributed by atoms with Gasteiger partial charge >= 0.3 is 5.97 Å². The maximum absolute atomic E-state index is 12.2. The van der Waals surface area contributed by atoms with Crippen LogP contribution < -0.4 is 4.90 Å². The number of ketones is 1. The van der Waals surface area contributed by atoms with Gasteiger partial charge in [0.2, 0.25) is 5.78 Å². The van der Waals surface area contributed by atoms with Gasteiger partial charge in [-0.15, -0.1) is 0 Å². The largest absolute Gasteiger partial charge is 0.454 e. The molecule has 0 spiro atoms. The number of carbonyl (C=O) groups is 2. The van der Waals surface area contributed by atoms with Crippen LogP contribution in [-0.4, -0.2) is 37.4 Å². The Morgan fingerprint density at radius 3 is 2.56 bits per heavy atom. The first-order valence-corrected chi connectivity index (χ1v) is 8.01. The number of nitro benzene ring substituents is 1. The first-order valence-electron chi connectivity index (χ1n) is 8.01. The molecule has 1 aromatic heterocycles. The van der Waals surface area contributed by atoms with Crippen LogP contribution in [0.5, 0.6) is 0 Å². The van der Waals surface area contributed by atoms with E-state index >= 15 is 0 Å². The zero-order chi connectivity index (χ0) is 19.6. The van der Waals surface area contributed by atoms with Crippen LogP contribution in [0.2, 0.25) is 0 Å². The molecule has 27 heavy (non-hydrogen) atoms. The summed E-state index contributed by atoms with van der Waals surface area (Å²) in [6.07, 6.45) is 0. The van der Waals surface area contributed by atoms with Crippen molar-refractivity contribution in [1.29, 1.82) is 0 Å². The minimum Gasteiger partial charge on any atom is -0.454 e. The summed E-state index contributed by atoms with van der Waals surface area (Å²) in [5, 5.41) is 12.0. The molecule has 3 rings (SSSR count). The lowest BCUT2D eigenvalue weighted by molar-refractivity contribution is -0.384. The fourth-order valence-corrected chi connectivity index (χ4v) is 2.58. The summed E-state index contributed by atoms with van der Waals surface area (Å²) >= 11 is 0. The number of hydrogen-bond donors (Lipinski definition) is 0. The van der Waals surface area contributed by atoms with E-state index in [4.69, 9.17) is 9.15 Å². The Morgan fingerprint density at radius 1 is 1.15 bits per heavy atom. The Labute approximate surface area is 154 Å². The second-order valence-corrected chi connectivity index (χ2v) is 6.00. The van der Waals surface area contributed by atoms with Gasteiger partial charge in [-0.3, -0.25) is 14.9 Å². The van der Waals surface area contributed by atoms with E-state index in [0.29, 0.717) is 11.3 Å². The van der Waals surface area contributed by atoms with Crippen molar-refractivity contribution in [2.45, 2.75) is 0 Å². The highest BCUT2D eigenvalue weighted by Crippen LogP contribution is 2.28. The molecule has 0 radical (unpaired) electrons. The number of para-hydroxylation sites is 1. The summed E-state index contributed by atoms with van der Waals surface area (Å²) < 4.78 is 10.4. The van der Waals surface area contributed by atoms with E-state index in [9.17, 15) is 19.7 Å². The zero-order valence-corrected chi connectivity index (χ0v) is 14.7. The molecule has 0 amide bonds. The number of nitrogens with zero attached hydrogens (tertiary/aromatic N) is 2. The van der Waals surface area contributed by atoms with Gasteiger partial charge in [-0.05, 0) is 24.3 Å². The van der Waals surface area contributed by atoms with Crippen LogP contribution in [0.15, 0.2) is 52.9 Å². The Kier molecular flexibility index (Phi) is 4.89. The number of esters is 1. The Morgan fingerprint density at radius 2 is 1.89 bits per heavy atom. The van der Waals surface area contributed by atoms with Crippen LogP contribution >= 0.6 is 0 Å². The van der Waals surface area contributed by atoms with Crippen LogP contribution in [0.3, 0.4) is 0 Å². The zero-order valence-electron chi connectivity index (χ0n) is 14.7. The molecule has 8 heteroatoms. The molecule has 138 valence electrons. The number of carbonyl (C=O) groups excluding carboxylic acids is 2. The molecule has 0 bridgehead atoms. The molecule has 3 aromatic rings. The van der Waals surface area contributed by atoms with Crippen molar-refractivity contribution in [3.8, 4) is 0 Å². The lowest BCUT2D eigenvalue weighted by Gasteiger charge is -2.13. The molecule has 0 fully saturated rings. The van der Waals surface area contributed by atoms with Gasteiger partial charge in [-0.2, -0.15) is 0 Å². The molecule has 0 N–H and O–H groups in total. The molecule has 0 atom stereocenters. The number of benzene rings is 2. The van der Waals surface area contributed by atoms with Gasteiger partial charge in [0.25, 0.3) is 5.69 Å². The minimum atomic E-state index is -0.826. The van der Waals surface area contributed by atoms with Crippen LogP contribution in [0, 0.1) is 10.1 Å². The van der Waals surface area contributed by atoms with Crippen molar-refractivity contribution in [2.24, 2.45) is 0 Å². The van der Waals surface area contributed by atoms with E-state index in [1.807, 2.05) is 6.07 Å². The van der Waals surface area contributed by atoms with E-state index in [1.165, 1.54) is 12.1 Å². The van der Waals surface area contributed by atoms with Crippen molar-refractivity contribution in [3.05, 3.63) is 70.0 Å². The van der Waals surface area contributed by atoms with Crippen molar-refractivity contribution in [2.75, 3.05) is 25.6 Å². The molecular formula is C19H16N2O6. The summed E-state index contributed by atoms with van der Waals surface area (Å²) in [7, 11) is 3.32. The van der Waals surface area contributed by atoms with Crippen molar-refractivity contribution < 1.29 is 23.7 Å². The number of hydrogen-bond acceptors (Lipinski definition) is 7. The van der Waals surface area contributed by atoms with E-state index in [1.54, 1.807) is 43.3 Å². The SMILES string of the molecule is CN(C)c1ccc(C(=O)OCC(=O)c2cc3ccccc3o2)cc1[N+](=O)[O-]. The third-order valence-corrected chi connectivity index (χ3v) is 3.92. The predicted octanol–water partition coefficient (Wildman–Crippen LogP) is 3.45. The van der Waals surface area contributed by atoms with Crippen molar-refractivity contribution >= 4 is 34.1 Å². The number of nitro groups is 1. The summed E-state index contributed by atoms with van der Waals surface area (Å²) in [6.45, 7) is -0.526. The quantitative estimate of drug-likeness (QED) is 0.284. The highest BCUT2D eigenvalue weighted by Gasteiger charge is 2.21. The standard InChI is InChI=1S/C19H16N2O6/c1-20(2)14-8-7-13(9-15(14)21(24)25)19(23)26-11-16(22)18-10-12-5-3-4-6-17(12)27-18/h3-10H,11H2,1-2H3. The number of fused-ring (bicyclic) bond motifs is 1. The fourth-order valence-electron chi connectivity index (χ4n) is 2.58. The van der Waals surface area contributed by atoms with Crippen molar-refractivity contribution in [1.82, 2.24) is 0 Å². The highest BCUT2D eigenvalue weighted by atomic mass is 16.6. The van der Waals surface area contributed by atoms with E-state index in [2.05, 4.69) is 0 Å². The van der Waals surface area contributed by atoms with E-state index in [-0.39, 0.29) is 17.0 Å². The lowest BCUT2D eigenvalue weighted by atomic mass is 10.1. The second kappa shape index (κ2) is 7.28.